The van der Waals surface area contributed by atoms with Gasteiger partial charge in [-0.05, 0) is 30.7 Å². The van der Waals surface area contributed by atoms with Crippen molar-refractivity contribution < 1.29 is 24.6 Å². The van der Waals surface area contributed by atoms with Crippen molar-refractivity contribution in [3.63, 3.8) is 0 Å². The van der Waals surface area contributed by atoms with E-state index in [4.69, 9.17) is 15.9 Å². The molecule has 0 aliphatic heterocycles. The lowest BCUT2D eigenvalue weighted by Gasteiger charge is -2.30. The number of carboxylic acids is 2. The molecule has 0 aliphatic rings. The van der Waals surface area contributed by atoms with Crippen LogP contribution in [0.25, 0.3) is 11.2 Å². The SMILES string of the molecule is Nc1nc2ncc(CN([O-])c3ccc(C(=O)N[C@@H](CCC(=O)O)C(=O)O)cc3)nc2c(=O)[nH]1. The number of anilines is 2. The molecule has 0 fully saturated rings. The number of amides is 1. The Morgan fingerprint density at radius 3 is 2.52 bits per heavy atom. The van der Waals surface area contributed by atoms with Gasteiger partial charge in [-0.3, -0.25) is 19.4 Å². The number of nitrogen functional groups attached to an aromatic ring is 1. The number of nitrogens with two attached hydrogens (primary N) is 1. The molecule has 0 unspecified atom stereocenters. The molecule has 172 valence electrons. The number of aromatic nitrogens is 4. The van der Waals surface area contributed by atoms with Gasteiger partial charge in [-0.15, -0.1) is 0 Å². The average Bonchev–Trinajstić information content (AvgIpc) is 2.76. The lowest BCUT2D eigenvalue weighted by molar-refractivity contribution is -0.140. The summed E-state index contributed by atoms with van der Waals surface area (Å²) < 4.78 is 0. The summed E-state index contributed by atoms with van der Waals surface area (Å²) in [5.74, 6) is -3.39. The first-order chi connectivity index (χ1) is 15.6. The quantitative estimate of drug-likeness (QED) is 0.265. The highest BCUT2D eigenvalue weighted by atomic mass is 16.5. The number of carbonyl (C=O) groups is 3. The predicted octanol–water partition coefficient (Wildman–Crippen LogP) is -0.152. The number of fused-ring (bicyclic) bond motifs is 1. The Kier molecular flexibility index (Phi) is 6.78. The third kappa shape index (κ3) is 5.76. The molecule has 0 saturated heterocycles. The third-order valence-corrected chi connectivity index (χ3v) is 4.46. The molecule has 1 atom stereocenters. The van der Waals surface area contributed by atoms with Crippen LogP contribution < -0.4 is 21.7 Å². The summed E-state index contributed by atoms with van der Waals surface area (Å²) in [4.78, 5) is 60.2. The van der Waals surface area contributed by atoms with Gasteiger partial charge in [0.05, 0.1) is 18.4 Å². The van der Waals surface area contributed by atoms with Crippen LogP contribution in [-0.4, -0.2) is 54.0 Å². The van der Waals surface area contributed by atoms with Crippen LogP contribution in [0.4, 0.5) is 11.6 Å². The summed E-state index contributed by atoms with van der Waals surface area (Å²) in [7, 11) is 0. The van der Waals surface area contributed by atoms with Crippen LogP contribution in [0.15, 0.2) is 35.3 Å². The molecule has 2 aromatic heterocycles. The minimum atomic E-state index is -1.37. The van der Waals surface area contributed by atoms with Crippen molar-refractivity contribution in [1.82, 2.24) is 25.3 Å². The zero-order valence-corrected chi connectivity index (χ0v) is 16.9. The number of rotatable bonds is 9. The van der Waals surface area contributed by atoms with E-state index in [1.807, 2.05) is 0 Å². The number of H-pyrrole nitrogens is 1. The normalized spacial score (nSPS) is 11.7. The molecule has 3 rings (SSSR count). The first kappa shape index (κ1) is 23.1. The maximum absolute atomic E-state index is 12.5. The fourth-order valence-electron chi connectivity index (χ4n) is 2.83. The van der Waals surface area contributed by atoms with Gasteiger partial charge in [0.15, 0.2) is 11.2 Å². The van der Waals surface area contributed by atoms with Crippen molar-refractivity contribution in [2.75, 3.05) is 10.8 Å². The van der Waals surface area contributed by atoms with E-state index in [2.05, 4.69) is 25.3 Å². The highest BCUT2D eigenvalue weighted by Gasteiger charge is 2.21. The molecule has 3 aromatic rings. The number of nitrogens with one attached hydrogen (secondary N) is 2. The van der Waals surface area contributed by atoms with Gasteiger partial charge in [-0.2, -0.15) is 4.98 Å². The number of carboxylic acid groups (broad SMARTS) is 2. The number of hydroxylamine groups is 1. The molecule has 0 aliphatic carbocycles. The monoisotopic (exact) mass is 456 g/mol. The maximum atomic E-state index is 12.5. The Bertz CT molecular complexity index is 1260. The number of aliphatic carboxylic acids is 2. The highest BCUT2D eigenvalue weighted by molar-refractivity contribution is 5.97. The van der Waals surface area contributed by atoms with Gasteiger partial charge in [0.25, 0.3) is 11.5 Å². The molecule has 14 nitrogen and oxygen atoms in total. The highest BCUT2D eigenvalue weighted by Crippen LogP contribution is 2.17. The summed E-state index contributed by atoms with van der Waals surface area (Å²) >= 11 is 0. The van der Waals surface area contributed by atoms with E-state index in [0.717, 1.165) is 0 Å². The molecule has 33 heavy (non-hydrogen) atoms. The number of hydrogen-bond acceptors (Lipinski definition) is 10. The molecular formula is C19H18N7O7-. The van der Waals surface area contributed by atoms with E-state index >= 15 is 0 Å². The van der Waals surface area contributed by atoms with Gasteiger partial charge in [0.2, 0.25) is 5.95 Å². The van der Waals surface area contributed by atoms with Crippen molar-refractivity contribution in [2.45, 2.75) is 25.4 Å². The van der Waals surface area contributed by atoms with Crippen molar-refractivity contribution in [2.24, 2.45) is 0 Å². The van der Waals surface area contributed by atoms with Gasteiger partial charge < -0.3 is 31.5 Å². The lowest BCUT2D eigenvalue weighted by atomic mass is 10.1. The summed E-state index contributed by atoms with van der Waals surface area (Å²) in [5, 5.41) is 33.1. The Morgan fingerprint density at radius 2 is 1.88 bits per heavy atom. The van der Waals surface area contributed by atoms with E-state index in [-0.39, 0.29) is 47.0 Å². The van der Waals surface area contributed by atoms with E-state index < -0.39 is 35.9 Å². The Hall–Kier alpha value is -4.59. The van der Waals surface area contributed by atoms with Crippen molar-refractivity contribution >= 4 is 40.6 Å². The van der Waals surface area contributed by atoms with Gasteiger partial charge in [0, 0.05) is 17.7 Å². The Morgan fingerprint density at radius 1 is 1.18 bits per heavy atom. The van der Waals surface area contributed by atoms with Crippen molar-refractivity contribution in [1.29, 1.82) is 0 Å². The van der Waals surface area contributed by atoms with Crippen molar-refractivity contribution in [3.8, 4) is 0 Å². The standard InChI is InChI=1S/C19H18N7O7/c20-19-24-15-14(17(30)25-19)22-10(7-21-15)8-26(33)11-3-1-9(2-4-11)16(29)23-12(18(31)32)5-6-13(27)28/h1-4,7,12H,5-6,8H2,(H,23,29)(H,27,28)(H,31,32)(H3,20,21,24,25,30)/q-1/t12-/m0/s1. The van der Waals surface area contributed by atoms with Crippen LogP contribution in [0.5, 0.6) is 0 Å². The molecule has 2 heterocycles. The molecule has 0 bridgehead atoms. The molecule has 0 radical (unpaired) electrons. The second-order valence-electron chi connectivity index (χ2n) is 6.86. The van der Waals surface area contributed by atoms with E-state index in [1.165, 1.54) is 30.5 Å². The maximum Gasteiger partial charge on any atom is 0.326 e. The van der Waals surface area contributed by atoms with Gasteiger partial charge in [-0.25, -0.2) is 14.8 Å². The fourth-order valence-corrected chi connectivity index (χ4v) is 2.83. The third-order valence-electron chi connectivity index (χ3n) is 4.46. The van der Waals surface area contributed by atoms with E-state index in [0.29, 0.717) is 5.06 Å². The Labute approximate surface area is 184 Å². The van der Waals surface area contributed by atoms with Crippen LogP contribution in [0.2, 0.25) is 0 Å². The van der Waals surface area contributed by atoms with Crippen LogP contribution in [0.3, 0.4) is 0 Å². The van der Waals surface area contributed by atoms with Crippen molar-refractivity contribution in [3.05, 3.63) is 57.3 Å². The summed E-state index contributed by atoms with van der Waals surface area (Å²) in [5.41, 5.74) is 5.26. The zero-order chi connectivity index (χ0) is 24.1. The Balaban J connectivity index is 1.68. The average molecular weight is 456 g/mol. The topological polar surface area (TPSA) is 228 Å². The molecule has 1 amide bonds. The first-order valence-electron chi connectivity index (χ1n) is 9.45. The first-order valence-corrected chi connectivity index (χ1v) is 9.45. The molecule has 6 N–H and O–H groups in total. The number of aromatic amines is 1. The largest absolute Gasteiger partial charge is 0.758 e. The van der Waals surface area contributed by atoms with Gasteiger partial charge >= 0.3 is 11.9 Å². The summed E-state index contributed by atoms with van der Waals surface area (Å²) in [6.07, 6.45) is 0.582. The second-order valence-corrected chi connectivity index (χ2v) is 6.86. The zero-order valence-electron chi connectivity index (χ0n) is 16.9. The molecule has 0 spiro atoms. The fraction of sp³-hybridized carbons (Fsp3) is 0.211. The van der Waals surface area contributed by atoms with Gasteiger partial charge in [0.1, 0.15) is 6.04 Å². The number of carbonyl (C=O) groups excluding carboxylic acids is 1. The predicted molar refractivity (Wildman–Crippen MR) is 114 cm³/mol. The molecule has 1 aromatic carbocycles. The van der Waals surface area contributed by atoms with Crippen LogP contribution in [-0.2, 0) is 16.1 Å². The minimum Gasteiger partial charge on any atom is -0.758 e. The van der Waals surface area contributed by atoms with Crippen LogP contribution >= 0.6 is 0 Å². The lowest BCUT2D eigenvalue weighted by Crippen LogP contribution is -2.41. The van der Waals surface area contributed by atoms with E-state index in [9.17, 15) is 24.4 Å². The number of benzene rings is 1. The number of nitrogens with zero attached hydrogens (tertiary/aromatic N) is 4. The van der Waals surface area contributed by atoms with Crippen LogP contribution in [0, 0.1) is 5.21 Å². The molecule has 0 saturated carbocycles. The van der Waals surface area contributed by atoms with Crippen LogP contribution in [0.1, 0.15) is 28.9 Å². The molecular weight excluding hydrogens is 438 g/mol. The second kappa shape index (κ2) is 9.69. The smallest absolute Gasteiger partial charge is 0.326 e. The van der Waals surface area contributed by atoms with E-state index in [1.54, 1.807) is 0 Å². The molecule has 14 heteroatoms. The number of hydrogen-bond donors (Lipinski definition) is 5. The minimum absolute atomic E-state index is 0.0378. The summed E-state index contributed by atoms with van der Waals surface area (Å²) in [6, 6.07) is 3.95. The summed E-state index contributed by atoms with van der Waals surface area (Å²) in [6.45, 7) is -0.255. The van der Waals surface area contributed by atoms with Gasteiger partial charge in [-0.1, -0.05) is 0 Å².